The summed E-state index contributed by atoms with van der Waals surface area (Å²) in [6.45, 7) is 0.0757. The molecule has 1 fully saturated rings. The SMILES string of the molecule is COc1cccc(/C=C2/SC(=O)N(c3cccc(Cl)c3)C2=O)c1OCc1cccc(C(=O)O)c1. The molecule has 0 radical (unpaired) electrons. The number of methoxy groups -OCH3 is 1. The predicted molar refractivity (Wildman–Crippen MR) is 131 cm³/mol. The number of thioether (sulfide) groups is 1. The van der Waals surface area contributed by atoms with E-state index >= 15 is 0 Å². The van der Waals surface area contributed by atoms with Crippen LogP contribution in [-0.2, 0) is 11.4 Å². The highest BCUT2D eigenvalue weighted by Crippen LogP contribution is 2.39. The Balaban J connectivity index is 1.64. The normalized spacial score (nSPS) is 14.5. The second-order valence-corrected chi connectivity index (χ2v) is 8.60. The van der Waals surface area contributed by atoms with Gasteiger partial charge < -0.3 is 14.6 Å². The zero-order valence-electron chi connectivity index (χ0n) is 17.9. The van der Waals surface area contributed by atoms with Crippen LogP contribution in [0.1, 0.15) is 21.5 Å². The van der Waals surface area contributed by atoms with Crippen molar-refractivity contribution in [2.24, 2.45) is 0 Å². The minimum absolute atomic E-state index is 0.0757. The van der Waals surface area contributed by atoms with Crippen LogP contribution in [0, 0.1) is 0 Å². The van der Waals surface area contributed by atoms with E-state index in [1.54, 1.807) is 60.7 Å². The van der Waals surface area contributed by atoms with Crippen LogP contribution < -0.4 is 14.4 Å². The van der Waals surface area contributed by atoms with Crippen molar-refractivity contribution in [3.8, 4) is 11.5 Å². The number of anilines is 1. The third-order valence-electron chi connectivity index (χ3n) is 4.93. The van der Waals surface area contributed by atoms with E-state index in [1.165, 1.54) is 19.2 Å². The molecule has 1 aliphatic heterocycles. The number of carboxylic acid groups (broad SMARTS) is 1. The zero-order valence-corrected chi connectivity index (χ0v) is 19.4. The third-order valence-corrected chi connectivity index (χ3v) is 6.04. The Kier molecular flexibility index (Phi) is 6.90. The van der Waals surface area contributed by atoms with Gasteiger partial charge >= 0.3 is 5.97 Å². The summed E-state index contributed by atoms with van der Waals surface area (Å²) in [5.74, 6) is -0.715. The van der Waals surface area contributed by atoms with E-state index in [9.17, 15) is 19.5 Å². The van der Waals surface area contributed by atoms with Crippen molar-refractivity contribution < 1.29 is 29.0 Å². The molecular formula is C25H18ClNO6S. The number of benzene rings is 3. The van der Waals surface area contributed by atoms with Gasteiger partial charge in [0.15, 0.2) is 11.5 Å². The lowest BCUT2D eigenvalue weighted by atomic mass is 10.1. The van der Waals surface area contributed by atoms with Gasteiger partial charge in [0.2, 0.25) is 0 Å². The van der Waals surface area contributed by atoms with Crippen LogP contribution in [-0.4, -0.2) is 29.3 Å². The maximum absolute atomic E-state index is 13.0. The molecule has 0 spiro atoms. The Morgan fingerprint density at radius 3 is 2.59 bits per heavy atom. The molecule has 1 saturated heterocycles. The first-order valence-electron chi connectivity index (χ1n) is 10.0. The molecule has 0 bridgehead atoms. The molecule has 172 valence electrons. The van der Waals surface area contributed by atoms with Gasteiger partial charge in [-0.25, -0.2) is 9.69 Å². The smallest absolute Gasteiger partial charge is 0.335 e. The van der Waals surface area contributed by atoms with Gasteiger partial charge in [-0.05, 0) is 59.8 Å². The van der Waals surface area contributed by atoms with Crippen LogP contribution in [0.15, 0.2) is 71.6 Å². The number of hydrogen-bond acceptors (Lipinski definition) is 6. The number of halogens is 1. The lowest BCUT2D eigenvalue weighted by Crippen LogP contribution is -2.27. The van der Waals surface area contributed by atoms with Gasteiger partial charge in [-0.2, -0.15) is 0 Å². The number of rotatable bonds is 7. The Morgan fingerprint density at radius 2 is 1.85 bits per heavy atom. The fraction of sp³-hybridized carbons (Fsp3) is 0.0800. The van der Waals surface area contributed by atoms with E-state index < -0.39 is 17.1 Å². The fourth-order valence-electron chi connectivity index (χ4n) is 3.36. The summed E-state index contributed by atoms with van der Waals surface area (Å²) in [6.07, 6.45) is 1.57. The van der Waals surface area contributed by atoms with Crippen LogP contribution in [0.3, 0.4) is 0 Å². The maximum atomic E-state index is 13.0. The Bertz CT molecular complexity index is 1320. The molecule has 4 rings (SSSR count). The number of aromatic carboxylic acids is 1. The van der Waals surface area contributed by atoms with Crippen molar-refractivity contribution >= 4 is 52.2 Å². The number of ether oxygens (including phenoxy) is 2. The number of hydrogen-bond donors (Lipinski definition) is 1. The number of imide groups is 1. The minimum Gasteiger partial charge on any atom is -0.493 e. The van der Waals surface area contributed by atoms with Gasteiger partial charge in [-0.15, -0.1) is 0 Å². The van der Waals surface area contributed by atoms with Crippen LogP contribution in [0.2, 0.25) is 5.02 Å². The molecule has 1 heterocycles. The number of carbonyl (C=O) groups is 3. The molecule has 34 heavy (non-hydrogen) atoms. The van der Waals surface area contributed by atoms with Crippen LogP contribution in [0.5, 0.6) is 11.5 Å². The van der Waals surface area contributed by atoms with E-state index in [1.807, 2.05) is 0 Å². The van der Waals surface area contributed by atoms with Gasteiger partial charge in [-0.1, -0.05) is 41.9 Å². The summed E-state index contributed by atoms with van der Waals surface area (Å²) in [6, 6.07) is 18.1. The van der Waals surface area contributed by atoms with Gasteiger partial charge in [-0.3, -0.25) is 9.59 Å². The van der Waals surface area contributed by atoms with Crippen molar-refractivity contribution in [2.45, 2.75) is 6.61 Å². The second-order valence-electron chi connectivity index (χ2n) is 7.17. The molecule has 1 aliphatic rings. The Labute approximate surface area is 204 Å². The molecule has 0 aromatic heterocycles. The van der Waals surface area contributed by atoms with E-state index in [2.05, 4.69) is 0 Å². The van der Waals surface area contributed by atoms with E-state index in [4.69, 9.17) is 21.1 Å². The molecule has 1 N–H and O–H groups in total. The van der Waals surface area contributed by atoms with Crippen LogP contribution in [0.4, 0.5) is 10.5 Å². The summed E-state index contributed by atoms with van der Waals surface area (Å²) in [4.78, 5) is 38.1. The molecule has 7 nitrogen and oxygen atoms in total. The summed E-state index contributed by atoms with van der Waals surface area (Å²) >= 11 is 6.83. The molecule has 2 amide bonds. The van der Waals surface area contributed by atoms with Crippen molar-refractivity contribution in [3.63, 3.8) is 0 Å². The first kappa shape index (κ1) is 23.4. The first-order chi connectivity index (χ1) is 16.4. The summed E-state index contributed by atoms with van der Waals surface area (Å²) < 4.78 is 11.4. The predicted octanol–water partition coefficient (Wildman–Crippen LogP) is 5.87. The van der Waals surface area contributed by atoms with Crippen LogP contribution in [0.25, 0.3) is 6.08 Å². The van der Waals surface area contributed by atoms with E-state index in [-0.39, 0.29) is 17.1 Å². The Morgan fingerprint density at radius 1 is 1.09 bits per heavy atom. The van der Waals surface area contributed by atoms with Gasteiger partial charge in [0.1, 0.15) is 6.61 Å². The largest absolute Gasteiger partial charge is 0.493 e. The van der Waals surface area contributed by atoms with E-state index in [0.29, 0.717) is 33.3 Å². The zero-order chi connectivity index (χ0) is 24.2. The summed E-state index contributed by atoms with van der Waals surface area (Å²) in [5, 5.41) is 9.18. The average molecular weight is 496 g/mol. The molecule has 0 unspecified atom stereocenters. The van der Waals surface area contributed by atoms with E-state index in [0.717, 1.165) is 16.7 Å². The second kappa shape index (κ2) is 10.0. The topological polar surface area (TPSA) is 93.1 Å². The Hall–Kier alpha value is -3.75. The number of para-hydroxylation sites is 1. The quantitative estimate of drug-likeness (QED) is 0.410. The maximum Gasteiger partial charge on any atom is 0.335 e. The first-order valence-corrected chi connectivity index (χ1v) is 11.2. The molecule has 9 heteroatoms. The van der Waals surface area contributed by atoms with Crippen molar-refractivity contribution in [3.05, 3.63) is 93.3 Å². The van der Waals surface area contributed by atoms with Crippen molar-refractivity contribution in [1.29, 1.82) is 0 Å². The average Bonchev–Trinajstić information content (AvgIpc) is 3.10. The van der Waals surface area contributed by atoms with Gasteiger partial charge in [0.25, 0.3) is 11.1 Å². The standard InChI is InChI=1S/C25H18ClNO6S/c1-32-20-10-3-6-16(22(20)33-14-15-5-2-7-17(11-15)24(29)30)12-21-23(28)27(25(31)34-21)19-9-4-8-18(26)13-19/h2-13H,14H2,1H3,(H,29,30)/b21-12+. The highest BCUT2D eigenvalue weighted by molar-refractivity contribution is 8.19. The molecule has 0 atom stereocenters. The lowest BCUT2D eigenvalue weighted by Gasteiger charge is -2.14. The van der Waals surface area contributed by atoms with Crippen molar-refractivity contribution in [1.82, 2.24) is 0 Å². The number of nitrogens with zero attached hydrogens (tertiary/aromatic N) is 1. The lowest BCUT2D eigenvalue weighted by molar-refractivity contribution is -0.113. The summed E-state index contributed by atoms with van der Waals surface area (Å²) in [7, 11) is 1.49. The molecule has 3 aromatic carbocycles. The minimum atomic E-state index is -1.03. The third kappa shape index (κ3) is 4.93. The highest BCUT2D eigenvalue weighted by Gasteiger charge is 2.36. The number of carbonyl (C=O) groups excluding carboxylic acids is 2. The van der Waals surface area contributed by atoms with Gasteiger partial charge in [0.05, 0.1) is 23.3 Å². The van der Waals surface area contributed by atoms with Gasteiger partial charge in [0, 0.05) is 10.6 Å². The number of amides is 2. The molecular weight excluding hydrogens is 478 g/mol. The number of carboxylic acids is 1. The molecule has 0 saturated carbocycles. The monoisotopic (exact) mass is 495 g/mol. The molecule has 3 aromatic rings. The highest BCUT2D eigenvalue weighted by atomic mass is 35.5. The molecule has 0 aliphatic carbocycles. The summed E-state index contributed by atoms with van der Waals surface area (Å²) in [5.41, 5.74) is 1.72. The fourth-order valence-corrected chi connectivity index (χ4v) is 4.37. The van der Waals surface area contributed by atoms with Crippen LogP contribution >= 0.6 is 23.4 Å². The van der Waals surface area contributed by atoms with Crippen molar-refractivity contribution in [2.75, 3.05) is 12.0 Å².